The van der Waals surface area contributed by atoms with E-state index in [-0.39, 0.29) is 10.6 Å². The van der Waals surface area contributed by atoms with Gasteiger partial charge in [0, 0.05) is 43.9 Å². The Morgan fingerprint density at radius 3 is 3.00 bits per heavy atom. The summed E-state index contributed by atoms with van der Waals surface area (Å²) in [5.41, 5.74) is 1.02. The first-order valence-corrected chi connectivity index (χ1v) is 5.85. The van der Waals surface area contributed by atoms with Crippen LogP contribution in [0.1, 0.15) is 12.5 Å². The molecule has 1 aromatic carbocycles. The molecule has 5 nitrogen and oxygen atoms in total. The first-order valence-electron chi connectivity index (χ1n) is 5.85. The van der Waals surface area contributed by atoms with Gasteiger partial charge in [-0.25, -0.2) is 0 Å². The fourth-order valence-corrected chi connectivity index (χ4v) is 2.16. The molecule has 0 radical (unpaired) electrons. The molecule has 2 rings (SSSR count). The first kappa shape index (κ1) is 12.0. The van der Waals surface area contributed by atoms with Crippen LogP contribution in [0.25, 0.3) is 0 Å². The Labute approximate surface area is 101 Å². The Kier molecular flexibility index (Phi) is 3.71. The van der Waals surface area contributed by atoms with E-state index in [0.29, 0.717) is 12.6 Å². The van der Waals surface area contributed by atoms with Crippen LogP contribution in [0, 0.1) is 10.1 Å². The molecule has 0 amide bonds. The average Bonchev–Trinajstić information content (AvgIpc) is 2.32. The molecule has 5 heteroatoms. The summed E-state index contributed by atoms with van der Waals surface area (Å²) < 4.78 is 0. The van der Waals surface area contributed by atoms with Crippen LogP contribution < -0.4 is 5.32 Å². The minimum Gasteiger partial charge on any atom is -0.314 e. The average molecular weight is 235 g/mol. The molecule has 0 aromatic heterocycles. The summed E-state index contributed by atoms with van der Waals surface area (Å²) in [7, 11) is 0. The maximum atomic E-state index is 10.9. The summed E-state index contributed by atoms with van der Waals surface area (Å²) in [5, 5.41) is 14.2. The molecular weight excluding hydrogens is 218 g/mol. The number of rotatable bonds is 3. The molecule has 1 aliphatic rings. The summed E-state index contributed by atoms with van der Waals surface area (Å²) in [6.07, 6.45) is 0. The van der Waals surface area contributed by atoms with Crippen molar-refractivity contribution in [2.24, 2.45) is 0 Å². The van der Waals surface area contributed by atoms with Crippen molar-refractivity contribution in [2.75, 3.05) is 19.6 Å². The van der Waals surface area contributed by atoms with Crippen LogP contribution in [-0.4, -0.2) is 35.5 Å². The Hall–Kier alpha value is -1.46. The molecule has 0 bridgehead atoms. The third-order valence-corrected chi connectivity index (χ3v) is 3.20. The van der Waals surface area contributed by atoms with Gasteiger partial charge < -0.3 is 5.32 Å². The van der Waals surface area contributed by atoms with Gasteiger partial charge in [0.05, 0.1) is 4.92 Å². The maximum absolute atomic E-state index is 10.9. The molecule has 1 atom stereocenters. The van der Waals surface area contributed by atoms with Crippen molar-refractivity contribution in [1.29, 1.82) is 0 Å². The van der Waals surface area contributed by atoms with E-state index in [1.54, 1.807) is 12.1 Å². The molecule has 1 saturated heterocycles. The largest absolute Gasteiger partial charge is 0.314 e. The lowest BCUT2D eigenvalue weighted by molar-refractivity contribution is -0.385. The summed E-state index contributed by atoms with van der Waals surface area (Å²) in [6.45, 7) is 5.62. The topological polar surface area (TPSA) is 58.4 Å². The highest BCUT2D eigenvalue weighted by molar-refractivity contribution is 5.39. The van der Waals surface area contributed by atoms with Gasteiger partial charge in [0.15, 0.2) is 0 Å². The number of nitro groups is 1. The number of para-hydroxylation sites is 1. The zero-order chi connectivity index (χ0) is 12.3. The first-order chi connectivity index (χ1) is 8.18. The third kappa shape index (κ3) is 2.81. The zero-order valence-electron chi connectivity index (χ0n) is 9.93. The molecular formula is C12H17N3O2. The van der Waals surface area contributed by atoms with Gasteiger partial charge in [0.25, 0.3) is 5.69 Å². The predicted molar refractivity (Wildman–Crippen MR) is 65.8 cm³/mol. The molecule has 1 heterocycles. The lowest BCUT2D eigenvalue weighted by Gasteiger charge is -2.33. The highest BCUT2D eigenvalue weighted by Gasteiger charge is 2.21. The van der Waals surface area contributed by atoms with E-state index in [1.165, 1.54) is 0 Å². The van der Waals surface area contributed by atoms with Crippen LogP contribution in [0.15, 0.2) is 24.3 Å². The quantitative estimate of drug-likeness (QED) is 0.635. The molecule has 0 aliphatic carbocycles. The van der Waals surface area contributed by atoms with E-state index < -0.39 is 0 Å². The zero-order valence-corrected chi connectivity index (χ0v) is 9.93. The summed E-state index contributed by atoms with van der Waals surface area (Å²) in [4.78, 5) is 12.9. The van der Waals surface area contributed by atoms with Crippen LogP contribution in [-0.2, 0) is 6.54 Å². The molecule has 1 fully saturated rings. The van der Waals surface area contributed by atoms with Crippen molar-refractivity contribution >= 4 is 5.69 Å². The molecule has 92 valence electrons. The summed E-state index contributed by atoms with van der Waals surface area (Å²) in [6, 6.07) is 7.40. The van der Waals surface area contributed by atoms with Gasteiger partial charge in [-0.3, -0.25) is 15.0 Å². The second kappa shape index (κ2) is 5.25. The molecule has 0 unspecified atom stereocenters. The van der Waals surface area contributed by atoms with Gasteiger partial charge in [0.2, 0.25) is 0 Å². The minimum atomic E-state index is -0.303. The molecule has 1 aromatic rings. The number of hydrogen-bond donors (Lipinski definition) is 1. The van der Waals surface area contributed by atoms with Gasteiger partial charge in [-0.05, 0) is 6.92 Å². The van der Waals surface area contributed by atoms with Crippen LogP contribution in [0.5, 0.6) is 0 Å². The lowest BCUT2D eigenvalue weighted by atomic mass is 10.1. The smallest absolute Gasteiger partial charge is 0.273 e. The van der Waals surface area contributed by atoms with E-state index in [4.69, 9.17) is 0 Å². The Morgan fingerprint density at radius 1 is 1.53 bits per heavy atom. The van der Waals surface area contributed by atoms with Crippen LogP contribution in [0.2, 0.25) is 0 Å². The fourth-order valence-electron chi connectivity index (χ4n) is 2.16. The molecule has 1 aliphatic heterocycles. The number of nitrogens with zero attached hydrogens (tertiary/aromatic N) is 2. The standard InChI is InChI=1S/C12H17N3O2/c1-10-8-13-6-7-14(10)9-11-4-2-3-5-12(11)15(16)17/h2-5,10,13H,6-9H2,1H3/t10-/m0/s1. The van der Waals surface area contributed by atoms with Crippen LogP contribution >= 0.6 is 0 Å². The number of hydrogen-bond acceptors (Lipinski definition) is 4. The fraction of sp³-hybridized carbons (Fsp3) is 0.500. The van der Waals surface area contributed by atoms with Gasteiger partial charge in [0.1, 0.15) is 0 Å². The Bertz CT molecular complexity index is 408. The highest BCUT2D eigenvalue weighted by Crippen LogP contribution is 2.20. The maximum Gasteiger partial charge on any atom is 0.273 e. The number of nitrogens with one attached hydrogen (secondary N) is 1. The number of piperazine rings is 1. The van der Waals surface area contributed by atoms with Crippen LogP contribution in [0.3, 0.4) is 0 Å². The third-order valence-electron chi connectivity index (χ3n) is 3.20. The molecule has 17 heavy (non-hydrogen) atoms. The second-order valence-electron chi connectivity index (χ2n) is 4.41. The van der Waals surface area contributed by atoms with E-state index in [1.807, 2.05) is 12.1 Å². The molecule has 0 spiro atoms. The van der Waals surface area contributed by atoms with Crippen molar-refractivity contribution < 1.29 is 4.92 Å². The van der Waals surface area contributed by atoms with Gasteiger partial charge in [-0.2, -0.15) is 0 Å². The van der Waals surface area contributed by atoms with E-state index in [9.17, 15) is 10.1 Å². The van der Waals surface area contributed by atoms with Crippen molar-refractivity contribution in [1.82, 2.24) is 10.2 Å². The van der Waals surface area contributed by atoms with Crippen LogP contribution in [0.4, 0.5) is 5.69 Å². The van der Waals surface area contributed by atoms with Gasteiger partial charge in [-0.1, -0.05) is 18.2 Å². The van der Waals surface area contributed by atoms with E-state index >= 15 is 0 Å². The number of benzene rings is 1. The SMILES string of the molecule is C[C@H]1CNCCN1Cc1ccccc1[N+](=O)[O-]. The van der Waals surface area contributed by atoms with E-state index in [2.05, 4.69) is 17.1 Å². The van der Waals surface area contributed by atoms with Crippen molar-refractivity contribution in [3.8, 4) is 0 Å². The second-order valence-corrected chi connectivity index (χ2v) is 4.41. The van der Waals surface area contributed by atoms with Crippen molar-refractivity contribution in [2.45, 2.75) is 19.5 Å². The normalized spacial score (nSPS) is 21.4. The van der Waals surface area contributed by atoms with Gasteiger partial charge in [-0.15, -0.1) is 0 Å². The highest BCUT2D eigenvalue weighted by atomic mass is 16.6. The Morgan fingerprint density at radius 2 is 2.29 bits per heavy atom. The van der Waals surface area contributed by atoms with Crippen molar-refractivity contribution in [3.05, 3.63) is 39.9 Å². The predicted octanol–water partition coefficient (Wildman–Crippen LogP) is 1.39. The summed E-state index contributed by atoms with van der Waals surface area (Å²) in [5.74, 6) is 0. The molecule has 0 saturated carbocycles. The van der Waals surface area contributed by atoms with Crippen molar-refractivity contribution in [3.63, 3.8) is 0 Å². The lowest BCUT2D eigenvalue weighted by Crippen LogP contribution is -2.49. The Balaban J connectivity index is 2.14. The molecule has 1 N–H and O–H groups in total. The monoisotopic (exact) mass is 235 g/mol. The van der Waals surface area contributed by atoms with Gasteiger partial charge >= 0.3 is 0 Å². The minimum absolute atomic E-state index is 0.221. The number of nitro benzene ring substituents is 1. The summed E-state index contributed by atoms with van der Waals surface area (Å²) >= 11 is 0. The van der Waals surface area contributed by atoms with E-state index in [0.717, 1.165) is 25.2 Å².